The first-order chi connectivity index (χ1) is 17.4. The molecule has 0 bridgehead atoms. The number of aromatic nitrogens is 1. The van der Waals surface area contributed by atoms with Crippen molar-refractivity contribution in [2.24, 2.45) is 5.41 Å². The summed E-state index contributed by atoms with van der Waals surface area (Å²) in [6, 6.07) is 5.91. The average Bonchev–Trinajstić information content (AvgIpc) is 3.44. The fraction of sp³-hybridized carbons (Fsp3) is 0.500. The smallest absolute Gasteiger partial charge is 0.303 e. The molecule has 1 aliphatic rings. The van der Waals surface area contributed by atoms with Crippen LogP contribution in [0.4, 0.5) is 0 Å². The largest absolute Gasteiger partial charge is 0.481 e. The van der Waals surface area contributed by atoms with Crippen molar-refractivity contribution in [2.45, 2.75) is 71.7 Å². The Kier molecular flexibility index (Phi) is 9.03. The fourth-order valence-electron chi connectivity index (χ4n) is 4.23. The second-order valence-corrected chi connectivity index (χ2v) is 11.2. The molecule has 200 valence electrons. The Morgan fingerprint density at radius 1 is 1.16 bits per heavy atom. The van der Waals surface area contributed by atoms with Crippen LogP contribution in [0.3, 0.4) is 0 Å². The first-order valence-corrected chi connectivity index (χ1v) is 13.0. The number of amides is 3. The summed E-state index contributed by atoms with van der Waals surface area (Å²) in [6.07, 6.45) is -1.39. The van der Waals surface area contributed by atoms with Gasteiger partial charge in [0.2, 0.25) is 17.7 Å². The number of likely N-dealkylation sites (tertiary alicyclic amines) is 1. The molecule has 3 rings (SSSR count). The summed E-state index contributed by atoms with van der Waals surface area (Å²) in [6.45, 7) is 7.49. The van der Waals surface area contributed by atoms with Gasteiger partial charge in [-0.1, -0.05) is 45.0 Å². The number of hydrogen-bond donors (Lipinski definition) is 4. The Bertz CT molecular complexity index is 1140. The molecule has 10 nitrogen and oxygen atoms in total. The molecule has 0 saturated carbocycles. The molecule has 3 amide bonds. The number of carbonyl (C=O) groups excluding carboxylic acids is 3. The molecule has 4 N–H and O–H groups in total. The normalized spacial score (nSPS) is 18.4. The van der Waals surface area contributed by atoms with Gasteiger partial charge in [-0.3, -0.25) is 19.2 Å². The van der Waals surface area contributed by atoms with Crippen LogP contribution in [-0.2, 0) is 25.7 Å². The van der Waals surface area contributed by atoms with Crippen LogP contribution in [0.5, 0.6) is 0 Å². The van der Waals surface area contributed by atoms with E-state index in [2.05, 4.69) is 15.6 Å². The van der Waals surface area contributed by atoms with E-state index in [1.807, 2.05) is 31.2 Å². The minimum absolute atomic E-state index is 0.0304. The van der Waals surface area contributed by atoms with Crippen LogP contribution in [0.25, 0.3) is 10.4 Å². The van der Waals surface area contributed by atoms with E-state index in [0.717, 1.165) is 21.7 Å². The third-order valence-electron chi connectivity index (χ3n) is 6.28. The number of nitrogens with zero attached hydrogens (tertiary/aromatic N) is 2. The number of β-amino-alcohol motifs (C(OH)–C–C–N with tert-alkyl or cyclic N) is 1. The van der Waals surface area contributed by atoms with Gasteiger partial charge in [0, 0.05) is 25.9 Å². The van der Waals surface area contributed by atoms with E-state index in [4.69, 9.17) is 5.11 Å². The molecule has 1 saturated heterocycles. The Morgan fingerprint density at radius 2 is 1.84 bits per heavy atom. The number of benzene rings is 1. The molecular formula is C26H34N4O6S. The summed E-state index contributed by atoms with van der Waals surface area (Å²) in [7, 11) is 0. The maximum Gasteiger partial charge on any atom is 0.303 e. The van der Waals surface area contributed by atoms with Crippen LogP contribution in [-0.4, -0.2) is 68.5 Å². The number of aliphatic hydroxyl groups excluding tert-OH is 1. The second kappa shape index (κ2) is 11.8. The second-order valence-electron chi connectivity index (χ2n) is 10.3. The first-order valence-electron chi connectivity index (χ1n) is 12.1. The molecule has 11 heteroatoms. The third kappa shape index (κ3) is 7.36. The topological polar surface area (TPSA) is 149 Å². The lowest BCUT2D eigenvalue weighted by Crippen LogP contribution is -2.57. The van der Waals surface area contributed by atoms with Gasteiger partial charge in [-0.2, -0.15) is 0 Å². The lowest BCUT2D eigenvalue weighted by atomic mass is 9.85. The van der Waals surface area contributed by atoms with Crippen LogP contribution >= 0.6 is 11.3 Å². The van der Waals surface area contributed by atoms with E-state index in [1.54, 1.807) is 37.6 Å². The molecule has 37 heavy (non-hydrogen) atoms. The molecule has 1 aromatic heterocycles. The molecule has 2 aromatic rings. The van der Waals surface area contributed by atoms with Gasteiger partial charge in [-0.05, 0) is 23.5 Å². The highest BCUT2D eigenvalue weighted by molar-refractivity contribution is 7.13. The highest BCUT2D eigenvalue weighted by Gasteiger charge is 2.44. The number of carboxylic acid groups (broad SMARTS) is 1. The maximum atomic E-state index is 13.5. The molecule has 0 radical (unpaired) electrons. The fourth-order valence-corrected chi connectivity index (χ4v) is 5.05. The van der Waals surface area contributed by atoms with Crippen molar-refractivity contribution >= 4 is 35.0 Å². The standard InChI is InChI=1S/C26H34N4O6S/c1-15-22(37-14-28-15)17-7-5-16(6-8-17)12-27-24(35)19-11-18(31)13-30(19)25(36)23(26(2,3)4)29-20(32)9-10-21(33)34/h5-8,14,18-19,23,31H,9-13H2,1-4H3,(H,27,35)(H,29,32)(H,33,34)/t18?,19-,23+/m0/s1. The number of hydrogen-bond acceptors (Lipinski definition) is 7. The third-order valence-corrected chi connectivity index (χ3v) is 7.25. The van der Waals surface area contributed by atoms with Gasteiger partial charge >= 0.3 is 5.97 Å². The monoisotopic (exact) mass is 530 g/mol. The van der Waals surface area contributed by atoms with E-state index < -0.39 is 47.3 Å². The van der Waals surface area contributed by atoms with Crippen molar-refractivity contribution in [1.82, 2.24) is 20.5 Å². The molecule has 3 atom stereocenters. The molecule has 1 fully saturated rings. The summed E-state index contributed by atoms with van der Waals surface area (Å²) >= 11 is 1.56. The summed E-state index contributed by atoms with van der Waals surface area (Å²) in [5.74, 6) is -2.55. The molecule has 2 heterocycles. The molecular weight excluding hydrogens is 496 g/mol. The summed E-state index contributed by atoms with van der Waals surface area (Å²) < 4.78 is 0. The Hall–Kier alpha value is -3.31. The van der Waals surface area contributed by atoms with E-state index in [1.165, 1.54) is 4.90 Å². The predicted molar refractivity (Wildman–Crippen MR) is 139 cm³/mol. The Balaban J connectivity index is 1.66. The zero-order valence-corrected chi connectivity index (χ0v) is 22.3. The summed E-state index contributed by atoms with van der Waals surface area (Å²) in [5.41, 5.74) is 3.98. The van der Waals surface area contributed by atoms with Gasteiger partial charge in [-0.15, -0.1) is 11.3 Å². The highest BCUT2D eigenvalue weighted by Crippen LogP contribution is 2.28. The quantitative estimate of drug-likeness (QED) is 0.388. The van der Waals surface area contributed by atoms with Gasteiger partial charge in [0.15, 0.2) is 0 Å². The van der Waals surface area contributed by atoms with Crippen molar-refractivity contribution in [3.63, 3.8) is 0 Å². The van der Waals surface area contributed by atoms with E-state index >= 15 is 0 Å². The minimum atomic E-state index is -1.11. The number of carboxylic acids is 1. The number of aliphatic carboxylic acids is 1. The average molecular weight is 531 g/mol. The van der Waals surface area contributed by atoms with Gasteiger partial charge in [0.05, 0.1) is 28.6 Å². The van der Waals surface area contributed by atoms with Crippen LogP contribution in [0.2, 0.25) is 0 Å². The number of carbonyl (C=O) groups is 4. The lowest BCUT2D eigenvalue weighted by Gasteiger charge is -2.35. The molecule has 1 aliphatic heterocycles. The number of nitrogens with one attached hydrogen (secondary N) is 2. The summed E-state index contributed by atoms with van der Waals surface area (Å²) in [5, 5.41) is 24.6. The van der Waals surface area contributed by atoms with Gasteiger partial charge in [0.25, 0.3) is 0 Å². The van der Waals surface area contributed by atoms with Gasteiger partial charge in [-0.25, -0.2) is 4.98 Å². The summed E-state index contributed by atoms with van der Waals surface area (Å²) in [4.78, 5) is 56.3. The molecule has 1 unspecified atom stereocenters. The number of aliphatic hydroxyl groups is 1. The van der Waals surface area contributed by atoms with Crippen LogP contribution < -0.4 is 10.6 Å². The van der Waals surface area contributed by atoms with Crippen molar-refractivity contribution in [1.29, 1.82) is 0 Å². The predicted octanol–water partition coefficient (Wildman–Crippen LogP) is 2.09. The lowest BCUT2D eigenvalue weighted by molar-refractivity contribution is -0.144. The number of thiazole rings is 1. The zero-order chi connectivity index (χ0) is 27.3. The zero-order valence-electron chi connectivity index (χ0n) is 21.5. The van der Waals surface area contributed by atoms with Crippen LogP contribution in [0, 0.1) is 12.3 Å². The highest BCUT2D eigenvalue weighted by atomic mass is 32.1. The van der Waals surface area contributed by atoms with Crippen molar-refractivity contribution in [3.8, 4) is 10.4 Å². The molecule has 0 aliphatic carbocycles. The van der Waals surface area contributed by atoms with Crippen molar-refractivity contribution in [2.75, 3.05) is 6.54 Å². The first kappa shape index (κ1) is 28.3. The number of rotatable bonds is 9. The van der Waals surface area contributed by atoms with Crippen LogP contribution in [0.15, 0.2) is 29.8 Å². The SMILES string of the molecule is Cc1ncsc1-c1ccc(CNC(=O)[C@@H]2CC(O)CN2C(=O)[C@@H](NC(=O)CCC(=O)O)C(C)(C)C)cc1. The van der Waals surface area contributed by atoms with E-state index in [-0.39, 0.29) is 32.4 Å². The molecule has 0 spiro atoms. The molecule has 1 aromatic carbocycles. The van der Waals surface area contributed by atoms with Crippen LogP contribution in [0.1, 0.15) is 51.3 Å². The van der Waals surface area contributed by atoms with Crippen molar-refractivity contribution in [3.05, 3.63) is 41.0 Å². The van der Waals surface area contributed by atoms with Gasteiger partial charge in [0.1, 0.15) is 12.1 Å². The Morgan fingerprint density at radius 3 is 2.41 bits per heavy atom. The minimum Gasteiger partial charge on any atom is -0.481 e. The van der Waals surface area contributed by atoms with E-state index in [9.17, 15) is 24.3 Å². The van der Waals surface area contributed by atoms with Gasteiger partial charge < -0.3 is 25.7 Å². The number of aryl methyl sites for hydroxylation is 1. The maximum absolute atomic E-state index is 13.5. The van der Waals surface area contributed by atoms with E-state index in [0.29, 0.717) is 0 Å². The van der Waals surface area contributed by atoms with Crippen molar-refractivity contribution < 1.29 is 29.4 Å². The Labute approximate surface area is 220 Å².